The standard InChI is InChI=1S/C16H21NO3/c1-19-9-7-14-8-10-20-16(14)11-17(12-16)15(18)13-5-3-2-4-6-13/h2-6,14H,7-12H2,1H3/t14-/m0/s1. The third kappa shape index (κ3) is 2.34. The van der Waals surface area contributed by atoms with Crippen LogP contribution in [0, 0.1) is 5.92 Å². The summed E-state index contributed by atoms with van der Waals surface area (Å²) < 4.78 is 11.1. The summed E-state index contributed by atoms with van der Waals surface area (Å²) in [5, 5.41) is 0. The number of methoxy groups -OCH3 is 1. The minimum atomic E-state index is -0.108. The summed E-state index contributed by atoms with van der Waals surface area (Å²) in [6, 6.07) is 9.46. The van der Waals surface area contributed by atoms with Gasteiger partial charge in [0.1, 0.15) is 5.60 Å². The Morgan fingerprint density at radius 3 is 2.85 bits per heavy atom. The van der Waals surface area contributed by atoms with Gasteiger partial charge in [0, 0.05) is 25.9 Å². The van der Waals surface area contributed by atoms with Gasteiger partial charge in [0.15, 0.2) is 0 Å². The molecule has 4 heteroatoms. The molecular formula is C16H21NO3. The highest BCUT2D eigenvalue weighted by Gasteiger charge is 2.54. The molecule has 0 radical (unpaired) electrons. The molecule has 1 atom stereocenters. The van der Waals surface area contributed by atoms with Gasteiger partial charge >= 0.3 is 0 Å². The second-order valence-electron chi connectivity index (χ2n) is 5.71. The molecular weight excluding hydrogens is 254 g/mol. The van der Waals surface area contributed by atoms with E-state index in [-0.39, 0.29) is 11.5 Å². The lowest BCUT2D eigenvalue weighted by Crippen LogP contribution is -2.66. The molecule has 4 nitrogen and oxygen atoms in total. The third-order valence-corrected chi connectivity index (χ3v) is 4.50. The Morgan fingerprint density at radius 1 is 1.40 bits per heavy atom. The van der Waals surface area contributed by atoms with Crippen molar-refractivity contribution in [2.75, 3.05) is 33.4 Å². The highest BCUT2D eigenvalue weighted by molar-refractivity contribution is 5.94. The molecule has 2 aliphatic rings. The van der Waals surface area contributed by atoms with Crippen LogP contribution in [0.4, 0.5) is 0 Å². The average molecular weight is 275 g/mol. The number of hydrogen-bond acceptors (Lipinski definition) is 3. The zero-order chi connectivity index (χ0) is 14.0. The zero-order valence-corrected chi connectivity index (χ0v) is 11.9. The molecule has 0 aromatic heterocycles. The van der Waals surface area contributed by atoms with Crippen LogP contribution in [0.3, 0.4) is 0 Å². The van der Waals surface area contributed by atoms with E-state index in [0.29, 0.717) is 5.92 Å². The van der Waals surface area contributed by atoms with Gasteiger partial charge in [0.25, 0.3) is 5.91 Å². The fourth-order valence-electron chi connectivity index (χ4n) is 3.31. The molecule has 0 bridgehead atoms. The molecule has 3 rings (SSSR count). The van der Waals surface area contributed by atoms with E-state index >= 15 is 0 Å². The number of amides is 1. The smallest absolute Gasteiger partial charge is 0.254 e. The molecule has 1 aromatic rings. The lowest BCUT2D eigenvalue weighted by Gasteiger charge is -2.50. The first kappa shape index (κ1) is 13.6. The minimum Gasteiger partial charge on any atom is -0.385 e. The molecule has 1 aromatic carbocycles. The molecule has 20 heavy (non-hydrogen) atoms. The number of nitrogens with zero attached hydrogens (tertiary/aromatic N) is 1. The van der Waals surface area contributed by atoms with Crippen LogP contribution >= 0.6 is 0 Å². The maximum absolute atomic E-state index is 12.3. The fraction of sp³-hybridized carbons (Fsp3) is 0.562. The van der Waals surface area contributed by atoms with Crippen molar-refractivity contribution in [1.29, 1.82) is 0 Å². The second-order valence-corrected chi connectivity index (χ2v) is 5.71. The van der Waals surface area contributed by atoms with E-state index in [0.717, 1.165) is 44.7 Å². The Labute approximate surface area is 119 Å². The van der Waals surface area contributed by atoms with Crippen molar-refractivity contribution >= 4 is 5.91 Å². The summed E-state index contributed by atoms with van der Waals surface area (Å²) in [7, 11) is 1.73. The first-order valence-corrected chi connectivity index (χ1v) is 7.22. The lowest BCUT2D eigenvalue weighted by atomic mass is 9.79. The Bertz CT molecular complexity index is 468. The van der Waals surface area contributed by atoms with Crippen molar-refractivity contribution in [2.45, 2.75) is 18.4 Å². The number of rotatable bonds is 4. The van der Waals surface area contributed by atoms with Gasteiger partial charge in [-0.15, -0.1) is 0 Å². The molecule has 0 N–H and O–H groups in total. The van der Waals surface area contributed by atoms with Crippen molar-refractivity contribution in [3.8, 4) is 0 Å². The van der Waals surface area contributed by atoms with Gasteiger partial charge in [-0.1, -0.05) is 18.2 Å². The minimum absolute atomic E-state index is 0.108. The number of ether oxygens (including phenoxy) is 2. The predicted molar refractivity (Wildman–Crippen MR) is 75.6 cm³/mol. The number of carbonyl (C=O) groups excluding carboxylic acids is 1. The first-order chi connectivity index (χ1) is 9.75. The molecule has 2 heterocycles. The van der Waals surface area contributed by atoms with Gasteiger partial charge in [-0.2, -0.15) is 0 Å². The number of carbonyl (C=O) groups is 1. The zero-order valence-electron chi connectivity index (χ0n) is 11.9. The van der Waals surface area contributed by atoms with Gasteiger partial charge < -0.3 is 14.4 Å². The summed E-state index contributed by atoms with van der Waals surface area (Å²) in [6.45, 7) is 3.01. The Balaban J connectivity index is 1.61. The normalized spacial score (nSPS) is 23.9. The van der Waals surface area contributed by atoms with Crippen molar-refractivity contribution in [2.24, 2.45) is 5.92 Å². The quantitative estimate of drug-likeness (QED) is 0.843. The van der Waals surface area contributed by atoms with E-state index in [1.165, 1.54) is 0 Å². The van der Waals surface area contributed by atoms with Crippen LogP contribution in [-0.4, -0.2) is 49.8 Å². The van der Waals surface area contributed by atoms with E-state index in [4.69, 9.17) is 9.47 Å². The van der Waals surface area contributed by atoms with Crippen LogP contribution in [0.5, 0.6) is 0 Å². The molecule has 0 aliphatic carbocycles. The van der Waals surface area contributed by atoms with Gasteiger partial charge in [0.05, 0.1) is 13.1 Å². The summed E-state index contributed by atoms with van der Waals surface area (Å²) >= 11 is 0. The summed E-state index contributed by atoms with van der Waals surface area (Å²) in [4.78, 5) is 14.2. The SMILES string of the molecule is COCC[C@H]1CCOC12CN(C(=O)c1ccccc1)C2. The number of hydrogen-bond donors (Lipinski definition) is 0. The van der Waals surface area contributed by atoms with Crippen LogP contribution < -0.4 is 0 Å². The molecule has 108 valence electrons. The van der Waals surface area contributed by atoms with Crippen molar-refractivity contribution in [3.05, 3.63) is 35.9 Å². The summed E-state index contributed by atoms with van der Waals surface area (Å²) in [5.41, 5.74) is 0.650. The van der Waals surface area contributed by atoms with Crippen LogP contribution in [0.2, 0.25) is 0 Å². The molecule has 2 aliphatic heterocycles. The summed E-state index contributed by atoms with van der Waals surface area (Å²) in [6.07, 6.45) is 2.10. The third-order valence-electron chi connectivity index (χ3n) is 4.50. The van der Waals surface area contributed by atoms with Crippen molar-refractivity contribution in [1.82, 2.24) is 4.90 Å². The van der Waals surface area contributed by atoms with Crippen LogP contribution in [-0.2, 0) is 9.47 Å². The molecule has 2 fully saturated rings. The van der Waals surface area contributed by atoms with E-state index in [1.807, 2.05) is 35.2 Å². The van der Waals surface area contributed by atoms with Gasteiger partial charge in [-0.3, -0.25) is 4.79 Å². The largest absolute Gasteiger partial charge is 0.385 e. The van der Waals surface area contributed by atoms with Crippen molar-refractivity contribution in [3.63, 3.8) is 0 Å². The Hall–Kier alpha value is -1.39. The van der Waals surface area contributed by atoms with Crippen LogP contribution in [0.1, 0.15) is 23.2 Å². The average Bonchev–Trinajstić information content (AvgIpc) is 2.87. The number of benzene rings is 1. The lowest BCUT2D eigenvalue weighted by molar-refractivity contribution is -0.120. The highest BCUT2D eigenvalue weighted by Crippen LogP contribution is 2.42. The van der Waals surface area contributed by atoms with Gasteiger partial charge in [-0.25, -0.2) is 0 Å². The Kier molecular flexibility index (Phi) is 3.76. The van der Waals surface area contributed by atoms with Crippen molar-refractivity contribution < 1.29 is 14.3 Å². The van der Waals surface area contributed by atoms with Crippen LogP contribution in [0.15, 0.2) is 30.3 Å². The van der Waals surface area contributed by atoms with Gasteiger partial charge in [0.2, 0.25) is 0 Å². The first-order valence-electron chi connectivity index (χ1n) is 7.22. The van der Waals surface area contributed by atoms with Gasteiger partial charge in [-0.05, 0) is 30.9 Å². The number of likely N-dealkylation sites (tertiary alicyclic amines) is 1. The maximum atomic E-state index is 12.3. The van der Waals surface area contributed by atoms with E-state index in [2.05, 4.69) is 0 Å². The van der Waals surface area contributed by atoms with Crippen LogP contribution in [0.25, 0.3) is 0 Å². The monoisotopic (exact) mass is 275 g/mol. The molecule has 1 spiro atoms. The summed E-state index contributed by atoms with van der Waals surface area (Å²) in [5.74, 6) is 0.625. The Morgan fingerprint density at radius 2 is 2.15 bits per heavy atom. The molecule has 0 saturated carbocycles. The maximum Gasteiger partial charge on any atom is 0.254 e. The molecule has 2 saturated heterocycles. The molecule has 1 amide bonds. The van der Waals surface area contributed by atoms with E-state index < -0.39 is 0 Å². The van der Waals surface area contributed by atoms with E-state index in [1.54, 1.807) is 7.11 Å². The predicted octanol–water partition coefficient (Wildman–Crippen LogP) is 1.95. The molecule has 0 unspecified atom stereocenters. The topological polar surface area (TPSA) is 38.8 Å². The van der Waals surface area contributed by atoms with E-state index in [9.17, 15) is 4.79 Å². The fourth-order valence-corrected chi connectivity index (χ4v) is 3.31. The highest BCUT2D eigenvalue weighted by atomic mass is 16.5. The second kappa shape index (κ2) is 5.54.